The Hall–Kier alpha value is -0.740. The molecule has 0 unspecified atom stereocenters. The predicted molar refractivity (Wildman–Crippen MR) is 62.9 cm³/mol. The van der Waals surface area contributed by atoms with Gasteiger partial charge in [-0.05, 0) is 12.3 Å². The smallest absolute Gasteiger partial charge is 0.267 e. The van der Waals surface area contributed by atoms with Crippen LogP contribution in [0.1, 0.15) is 20.3 Å². The summed E-state index contributed by atoms with van der Waals surface area (Å²) < 4.78 is 0. The van der Waals surface area contributed by atoms with Gasteiger partial charge in [0, 0.05) is 0 Å². The molecule has 2 N–H and O–H groups in total. The molecule has 0 aromatic rings. The summed E-state index contributed by atoms with van der Waals surface area (Å²) in [4.78, 5) is 24.3. The molecule has 0 fully saturated rings. The molecule has 0 spiro atoms. The maximum Gasteiger partial charge on any atom is 0.267 e. The first-order valence-electron chi connectivity index (χ1n) is 4.99. The fourth-order valence-corrected chi connectivity index (χ4v) is 2.01. The lowest BCUT2D eigenvalue weighted by atomic mass is 10.0. The summed E-state index contributed by atoms with van der Waals surface area (Å²) in [6.45, 7) is 4.07. The van der Waals surface area contributed by atoms with Gasteiger partial charge in [-0.3, -0.25) is 9.59 Å². The number of carbonyl (C=O) groups excluding carboxylic acids is 2. The molecule has 1 heterocycles. The molecule has 6 heteroatoms. The zero-order chi connectivity index (χ0) is 12.5. The van der Waals surface area contributed by atoms with Crippen molar-refractivity contribution >= 4 is 35.0 Å². The van der Waals surface area contributed by atoms with Crippen molar-refractivity contribution in [3.05, 3.63) is 10.1 Å². The molecule has 90 valence electrons. The number of hydrogen-bond acceptors (Lipinski definition) is 2. The molecule has 0 aliphatic carbocycles. The van der Waals surface area contributed by atoms with Gasteiger partial charge in [0.15, 0.2) is 0 Å². The summed E-state index contributed by atoms with van der Waals surface area (Å²) in [5.74, 6) is -0.697. The van der Waals surface area contributed by atoms with Crippen LogP contribution in [0.15, 0.2) is 10.1 Å². The molecule has 1 aliphatic rings. The van der Waals surface area contributed by atoms with E-state index in [4.69, 9.17) is 28.9 Å². The second-order valence-electron chi connectivity index (χ2n) is 4.20. The number of halogens is 2. The van der Waals surface area contributed by atoms with E-state index < -0.39 is 17.9 Å². The van der Waals surface area contributed by atoms with Crippen LogP contribution in [0.2, 0.25) is 0 Å². The zero-order valence-electron chi connectivity index (χ0n) is 9.17. The van der Waals surface area contributed by atoms with Crippen LogP contribution in [0.4, 0.5) is 0 Å². The summed E-state index contributed by atoms with van der Waals surface area (Å²) in [6.07, 6.45) is 0.509. The molecule has 0 aromatic carbocycles. The highest BCUT2D eigenvalue weighted by Gasteiger charge is 2.36. The van der Waals surface area contributed by atoms with Crippen LogP contribution in [-0.4, -0.2) is 29.3 Å². The van der Waals surface area contributed by atoms with Crippen molar-refractivity contribution in [2.24, 2.45) is 11.7 Å². The second kappa shape index (κ2) is 5.06. The second-order valence-corrected chi connectivity index (χ2v) is 5.03. The van der Waals surface area contributed by atoms with Crippen molar-refractivity contribution in [1.29, 1.82) is 0 Å². The van der Waals surface area contributed by atoms with Crippen LogP contribution in [-0.2, 0) is 9.59 Å². The fourth-order valence-electron chi connectivity index (χ4n) is 1.63. The lowest BCUT2D eigenvalue weighted by Crippen LogP contribution is -2.46. The molecule has 0 aromatic heterocycles. The standard InChI is InChI=1S/C10H14Cl2N2O2/c1-5(2)3-7(9(13)15)14-4-6(11)8(12)10(14)16/h5,7H,3-4H2,1-2H3,(H2,13,15)/t7-/m0/s1. The van der Waals surface area contributed by atoms with E-state index in [9.17, 15) is 9.59 Å². The molecule has 0 saturated heterocycles. The summed E-state index contributed by atoms with van der Waals surface area (Å²) in [5.41, 5.74) is 5.28. The number of nitrogens with two attached hydrogens (primary N) is 1. The van der Waals surface area contributed by atoms with E-state index in [1.807, 2.05) is 13.8 Å². The monoisotopic (exact) mass is 264 g/mol. The fraction of sp³-hybridized carbons (Fsp3) is 0.600. The van der Waals surface area contributed by atoms with Crippen molar-refractivity contribution in [2.75, 3.05) is 6.54 Å². The van der Waals surface area contributed by atoms with Crippen LogP contribution in [0, 0.1) is 5.92 Å². The minimum absolute atomic E-state index is 0.0170. The molecular weight excluding hydrogens is 251 g/mol. The minimum atomic E-state index is -0.641. The number of hydrogen-bond donors (Lipinski definition) is 1. The van der Waals surface area contributed by atoms with Crippen molar-refractivity contribution in [1.82, 2.24) is 4.90 Å². The first kappa shape index (κ1) is 13.3. The van der Waals surface area contributed by atoms with Gasteiger partial charge in [-0.15, -0.1) is 0 Å². The first-order valence-corrected chi connectivity index (χ1v) is 5.74. The van der Waals surface area contributed by atoms with Crippen molar-refractivity contribution < 1.29 is 9.59 Å². The van der Waals surface area contributed by atoms with Gasteiger partial charge < -0.3 is 10.6 Å². The number of primary amides is 1. The molecule has 16 heavy (non-hydrogen) atoms. The number of amides is 2. The first-order chi connectivity index (χ1) is 7.34. The SMILES string of the molecule is CC(C)C[C@@H](C(N)=O)N1CC(Cl)=C(Cl)C1=O. The zero-order valence-corrected chi connectivity index (χ0v) is 10.7. The number of carbonyl (C=O) groups is 2. The highest BCUT2D eigenvalue weighted by molar-refractivity contribution is 6.49. The van der Waals surface area contributed by atoms with E-state index in [1.54, 1.807) is 0 Å². The lowest BCUT2D eigenvalue weighted by molar-refractivity contribution is -0.134. The molecule has 1 aliphatic heterocycles. The van der Waals surface area contributed by atoms with Crippen LogP contribution < -0.4 is 5.73 Å². The van der Waals surface area contributed by atoms with Gasteiger partial charge in [0.2, 0.25) is 5.91 Å². The van der Waals surface area contributed by atoms with Crippen molar-refractivity contribution in [2.45, 2.75) is 26.3 Å². The summed E-state index contributed by atoms with van der Waals surface area (Å²) in [6, 6.07) is -0.641. The van der Waals surface area contributed by atoms with Gasteiger partial charge in [-0.1, -0.05) is 37.0 Å². The van der Waals surface area contributed by atoms with Gasteiger partial charge in [-0.25, -0.2) is 0 Å². The van der Waals surface area contributed by atoms with Gasteiger partial charge in [-0.2, -0.15) is 0 Å². The van der Waals surface area contributed by atoms with Gasteiger partial charge in [0.25, 0.3) is 5.91 Å². The van der Waals surface area contributed by atoms with Crippen molar-refractivity contribution in [3.8, 4) is 0 Å². The third-order valence-electron chi connectivity index (χ3n) is 2.40. The molecule has 2 amide bonds. The number of rotatable bonds is 4. The average molecular weight is 265 g/mol. The molecule has 0 saturated carbocycles. The van der Waals surface area contributed by atoms with E-state index in [-0.39, 0.29) is 22.5 Å². The van der Waals surface area contributed by atoms with Crippen molar-refractivity contribution in [3.63, 3.8) is 0 Å². The maximum absolute atomic E-state index is 11.7. The Balaban J connectivity index is 2.84. The van der Waals surface area contributed by atoms with Gasteiger partial charge in [0.1, 0.15) is 11.1 Å². The Morgan fingerprint density at radius 3 is 2.38 bits per heavy atom. The quantitative estimate of drug-likeness (QED) is 0.835. The largest absolute Gasteiger partial charge is 0.368 e. The Labute approximate surface area is 104 Å². The number of nitrogens with zero attached hydrogens (tertiary/aromatic N) is 1. The summed E-state index contributed by atoms with van der Waals surface area (Å²) in [5, 5.41) is 0.248. The molecule has 1 atom stereocenters. The van der Waals surface area contributed by atoms with E-state index in [0.717, 1.165) is 0 Å². The molecule has 0 radical (unpaired) electrons. The highest BCUT2D eigenvalue weighted by atomic mass is 35.5. The minimum Gasteiger partial charge on any atom is -0.368 e. The Bertz CT molecular complexity index is 353. The normalized spacial score (nSPS) is 18.6. The molecule has 0 bridgehead atoms. The summed E-state index contributed by atoms with van der Waals surface area (Å²) >= 11 is 11.5. The topological polar surface area (TPSA) is 63.4 Å². The van der Waals surface area contributed by atoms with E-state index >= 15 is 0 Å². The maximum atomic E-state index is 11.7. The average Bonchev–Trinajstić information content (AvgIpc) is 2.42. The van der Waals surface area contributed by atoms with Crippen LogP contribution in [0.25, 0.3) is 0 Å². The van der Waals surface area contributed by atoms with E-state index in [0.29, 0.717) is 6.42 Å². The predicted octanol–water partition coefficient (Wildman–Crippen LogP) is 1.42. The van der Waals surface area contributed by atoms with Crippen LogP contribution in [0.5, 0.6) is 0 Å². The molecular formula is C10H14Cl2N2O2. The van der Waals surface area contributed by atoms with Gasteiger partial charge >= 0.3 is 0 Å². The third kappa shape index (κ3) is 2.68. The Morgan fingerprint density at radius 1 is 1.50 bits per heavy atom. The highest BCUT2D eigenvalue weighted by Crippen LogP contribution is 2.28. The van der Waals surface area contributed by atoms with Gasteiger partial charge in [0.05, 0.1) is 11.6 Å². The Morgan fingerprint density at radius 2 is 2.06 bits per heavy atom. The Kier molecular flexibility index (Phi) is 4.21. The van der Waals surface area contributed by atoms with Crippen LogP contribution >= 0.6 is 23.2 Å². The molecule has 4 nitrogen and oxygen atoms in total. The lowest BCUT2D eigenvalue weighted by Gasteiger charge is -2.26. The molecule has 1 rings (SSSR count). The van der Waals surface area contributed by atoms with Crippen LogP contribution in [0.3, 0.4) is 0 Å². The van der Waals surface area contributed by atoms with E-state index in [1.165, 1.54) is 4.90 Å². The van der Waals surface area contributed by atoms with E-state index in [2.05, 4.69) is 0 Å². The summed E-state index contributed by atoms with van der Waals surface area (Å²) in [7, 11) is 0. The third-order valence-corrected chi connectivity index (χ3v) is 3.19.